The number of rotatable bonds is 1. The first-order valence-corrected chi connectivity index (χ1v) is 14.4. The van der Waals surface area contributed by atoms with Crippen molar-refractivity contribution >= 4 is 63.0 Å². The molecule has 2 aromatic heterocycles. The van der Waals surface area contributed by atoms with Crippen molar-refractivity contribution in [1.29, 1.82) is 0 Å². The van der Waals surface area contributed by atoms with Crippen LogP contribution in [0.2, 0.25) is 0 Å². The fourth-order valence-corrected chi connectivity index (χ4v) is 7.27. The summed E-state index contributed by atoms with van der Waals surface area (Å²) in [6.45, 7) is 2.18. The van der Waals surface area contributed by atoms with Crippen LogP contribution >= 0.6 is 22.7 Å². The number of hydrogen-bond donors (Lipinski definition) is 0. The van der Waals surface area contributed by atoms with Gasteiger partial charge < -0.3 is 0 Å². The molecule has 5 aromatic carbocycles. The van der Waals surface area contributed by atoms with Crippen LogP contribution in [0.1, 0.15) is 34.7 Å². The zero-order valence-corrected chi connectivity index (χ0v) is 22.5. The molecule has 0 amide bonds. The van der Waals surface area contributed by atoms with Crippen molar-refractivity contribution in [2.75, 3.05) is 0 Å². The summed E-state index contributed by atoms with van der Waals surface area (Å²) in [7, 11) is 0. The Balaban J connectivity index is 1.17. The van der Waals surface area contributed by atoms with E-state index in [-0.39, 0.29) is 0 Å². The van der Waals surface area contributed by atoms with Gasteiger partial charge in [-0.1, -0.05) is 79.1 Å². The van der Waals surface area contributed by atoms with Gasteiger partial charge >= 0.3 is 0 Å². The standard InChI is InChI=1S/C36H22S2/c1-2-27-21-24(11-12-25-15-19-31-29-7-3-5-9-33(29)37-35(31)22-25)13-17-28(27)18-14-26-16-20-32-30-8-4-6-10-34(30)38-36(32)23-26/h3-10,13,15-17,19-23H,2H2,1H3. The van der Waals surface area contributed by atoms with Crippen molar-refractivity contribution in [3.63, 3.8) is 0 Å². The molecule has 2 heterocycles. The molecule has 0 fully saturated rings. The molecular formula is C36H22S2. The SMILES string of the molecule is CCc1cc(C#Cc2ccc3c(c2)sc2ccccc23)ccc1C#Cc1ccc2c(c1)sc1ccccc12. The highest BCUT2D eigenvalue weighted by molar-refractivity contribution is 7.26. The second-order valence-corrected chi connectivity index (χ2v) is 11.5. The van der Waals surface area contributed by atoms with E-state index in [1.807, 2.05) is 22.7 Å². The molecule has 178 valence electrons. The fraction of sp³-hybridized carbons (Fsp3) is 0.0556. The van der Waals surface area contributed by atoms with Crippen LogP contribution in [0.5, 0.6) is 0 Å². The molecule has 2 heteroatoms. The molecule has 0 saturated heterocycles. The van der Waals surface area contributed by atoms with Gasteiger partial charge in [-0.2, -0.15) is 0 Å². The van der Waals surface area contributed by atoms with Gasteiger partial charge in [0, 0.05) is 62.6 Å². The third kappa shape index (κ3) is 4.15. The van der Waals surface area contributed by atoms with Crippen molar-refractivity contribution in [2.24, 2.45) is 0 Å². The summed E-state index contributed by atoms with van der Waals surface area (Å²) in [5.41, 5.74) is 5.41. The minimum atomic E-state index is 0.919. The molecule has 7 aromatic rings. The minimum absolute atomic E-state index is 0.919. The first-order valence-electron chi connectivity index (χ1n) is 12.7. The Hall–Kier alpha value is -4.34. The number of thiophene rings is 2. The van der Waals surface area contributed by atoms with E-state index in [0.717, 1.165) is 28.7 Å². The van der Waals surface area contributed by atoms with Crippen LogP contribution in [0, 0.1) is 23.7 Å². The molecule has 0 atom stereocenters. The van der Waals surface area contributed by atoms with Gasteiger partial charge in [0.05, 0.1) is 0 Å². The molecule has 0 saturated carbocycles. The zero-order valence-electron chi connectivity index (χ0n) is 20.8. The first-order chi connectivity index (χ1) is 18.7. The Bertz CT molecular complexity index is 2130. The zero-order chi connectivity index (χ0) is 25.5. The van der Waals surface area contributed by atoms with E-state index in [0.29, 0.717) is 0 Å². The highest BCUT2D eigenvalue weighted by atomic mass is 32.1. The average Bonchev–Trinajstić information content (AvgIpc) is 3.52. The number of aryl methyl sites for hydroxylation is 1. The second kappa shape index (κ2) is 9.51. The van der Waals surface area contributed by atoms with Crippen LogP contribution in [0.15, 0.2) is 103 Å². The van der Waals surface area contributed by atoms with Crippen LogP contribution in [0.4, 0.5) is 0 Å². The van der Waals surface area contributed by atoms with E-state index in [9.17, 15) is 0 Å². The molecule has 0 unspecified atom stereocenters. The van der Waals surface area contributed by atoms with Crippen LogP contribution in [-0.4, -0.2) is 0 Å². The lowest BCUT2D eigenvalue weighted by Crippen LogP contribution is -1.89. The Kier molecular flexibility index (Phi) is 5.71. The van der Waals surface area contributed by atoms with Gasteiger partial charge in [-0.25, -0.2) is 0 Å². The largest absolute Gasteiger partial charge is 0.135 e. The fourth-order valence-electron chi connectivity index (χ4n) is 4.98. The predicted molar refractivity (Wildman–Crippen MR) is 166 cm³/mol. The van der Waals surface area contributed by atoms with E-state index in [4.69, 9.17) is 0 Å². The number of hydrogen-bond acceptors (Lipinski definition) is 2. The first kappa shape index (κ1) is 22.8. The van der Waals surface area contributed by atoms with Gasteiger partial charge in [-0.05, 0) is 66.6 Å². The Morgan fingerprint density at radius 1 is 0.474 bits per heavy atom. The van der Waals surface area contributed by atoms with Gasteiger partial charge in [-0.3, -0.25) is 0 Å². The second-order valence-electron chi connectivity index (χ2n) is 9.34. The normalized spacial score (nSPS) is 11.0. The van der Waals surface area contributed by atoms with E-state index in [1.165, 1.54) is 45.9 Å². The van der Waals surface area contributed by atoms with Crippen molar-refractivity contribution in [1.82, 2.24) is 0 Å². The summed E-state index contributed by atoms with van der Waals surface area (Å²) >= 11 is 3.66. The molecule has 7 rings (SSSR count). The minimum Gasteiger partial charge on any atom is -0.135 e. The van der Waals surface area contributed by atoms with Gasteiger partial charge in [0.1, 0.15) is 0 Å². The van der Waals surface area contributed by atoms with E-state index < -0.39 is 0 Å². The molecule has 0 N–H and O–H groups in total. The van der Waals surface area contributed by atoms with Gasteiger partial charge in [0.25, 0.3) is 0 Å². The van der Waals surface area contributed by atoms with Crippen LogP contribution < -0.4 is 0 Å². The Labute approximate surface area is 230 Å². The highest BCUT2D eigenvalue weighted by Gasteiger charge is 2.06. The third-order valence-corrected chi connectivity index (χ3v) is 9.20. The van der Waals surface area contributed by atoms with Crippen LogP contribution in [-0.2, 0) is 6.42 Å². The smallest absolute Gasteiger partial charge is 0.0367 e. The van der Waals surface area contributed by atoms with E-state index in [1.54, 1.807) is 0 Å². The monoisotopic (exact) mass is 518 g/mol. The molecule has 0 aliphatic heterocycles. The summed E-state index contributed by atoms with van der Waals surface area (Å²) < 4.78 is 5.21. The lowest BCUT2D eigenvalue weighted by molar-refractivity contribution is 1.13. The molecule has 0 radical (unpaired) electrons. The van der Waals surface area contributed by atoms with E-state index in [2.05, 4.69) is 134 Å². The predicted octanol–water partition coefficient (Wildman–Crippen LogP) is 9.78. The molecule has 0 spiro atoms. The Morgan fingerprint density at radius 3 is 1.53 bits per heavy atom. The summed E-state index contributed by atoms with van der Waals surface area (Å²) in [5, 5.41) is 5.25. The van der Waals surface area contributed by atoms with Crippen LogP contribution in [0.3, 0.4) is 0 Å². The maximum atomic E-state index is 3.42. The van der Waals surface area contributed by atoms with E-state index >= 15 is 0 Å². The quantitative estimate of drug-likeness (QED) is 0.190. The average molecular weight is 519 g/mol. The maximum absolute atomic E-state index is 3.42. The van der Waals surface area contributed by atoms with Crippen molar-refractivity contribution in [3.05, 3.63) is 131 Å². The molecular weight excluding hydrogens is 497 g/mol. The lowest BCUT2D eigenvalue weighted by atomic mass is 10.0. The third-order valence-electron chi connectivity index (χ3n) is 6.94. The summed E-state index contributed by atoms with van der Waals surface area (Å²) in [4.78, 5) is 0. The molecule has 0 bridgehead atoms. The topological polar surface area (TPSA) is 0 Å². The molecule has 0 aliphatic carbocycles. The number of fused-ring (bicyclic) bond motifs is 6. The van der Waals surface area contributed by atoms with Crippen molar-refractivity contribution in [2.45, 2.75) is 13.3 Å². The highest BCUT2D eigenvalue weighted by Crippen LogP contribution is 2.35. The van der Waals surface area contributed by atoms with Gasteiger partial charge in [0.15, 0.2) is 0 Å². The lowest BCUT2D eigenvalue weighted by Gasteiger charge is -2.02. The maximum Gasteiger partial charge on any atom is 0.0367 e. The molecule has 38 heavy (non-hydrogen) atoms. The van der Waals surface area contributed by atoms with Crippen molar-refractivity contribution in [3.8, 4) is 23.7 Å². The van der Waals surface area contributed by atoms with Crippen LogP contribution in [0.25, 0.3) is 40.3 Å². The Morgan fingerprint density at radius 2 is 0.947 bits per heavy atom. The summed E-state index contributed by atoms with van der Waals surface area (Å²) in [6, 6.07) is 36.6. The summed E-state index contributed by atoms with van der Waals surface area (Å²) in [5.74, 6) is 13.6. The molecule has 0 aliphatic rings. The molecule has 0 nitrogen and oxygen atoms in total. The van der Waals surface area contributed by atoms with Crippen molar-refractivity contribution < 1.29 is 0 Å². The van der Waals surface area contributed by atoms with Gasteiger partial charge in [0.2, 0.25) is 0 Å². The van der Waals surface area contributed by atoms with Gasteiger partial charge in [-0.15, -0.1) is 22.7 Å². The summed E-state index contributed by atoms with van der Waals surface area (Å²) in [6.07, 6.45) is 0.919. The number of benzene rings is 5.